The van der Waals surface area contributed by atoms with Crippen LogP contribution in [0.4, 0.5) is 0 Å². The molecule has 2 heterocycles. The molecule has 1 aromatic heterocycles. The molecule has 136 valence electrons. The highest BCUT2D eigenvalue weighted by Gasteiger charge is 2.37. The topological polar surface area (TPSA) is 76.8 Å². The molecule has 4 rings (SSSR count). The third-order valence-electron chi connectivity index (χ3n) is 5.15. The first-order valence-electron chi connectivity index (χ1n) is 9.06. The van der Waals surface area contributed by atoms with Crippen molar-refractivity contribution in [3.05, 3.63) is 59.1 Å². The summed E-state index contributed by atoms with van der Waals surface area (Å²) in [5.41, 5.74) is 4.23. The number of methoxy groups -OCH3 is 1. The van der Waals surface area contributed by atoms with Crippen LogP contribution < -0.4 is 0 Å². The van der Waals surface area contributed by atoms with Crippen LogP contribution in [-0.2, 0) is 9.47 Å². The molecule has 1 N–H and O–H groups in total. The Morgan fingerprint density at radius 1 is 1.19 bits per heavy atom. The van der Waals surface area contributed by atoms with Gasteiger partial charge in [-0.1, -0.05) is 0 Å². The van der Waals surface area contributed by atoms with Gasteiger partial charge in [-0.05, 0) is 49.5 Å². The molecule has 0 bridgehead atoms. The molecule has 0 spiro atoms. The first-order chi connectivity index (χ1) is 12.7. The minimum Gasteiger partial charge on any atom is -0.493 e. The number of hydrogen-bond donors (Lipinski definition) is 1. The summed E-state index contributed by atoms with van der Waals surface area (Å²) in [7, 11) is 1.65. The Kier molecular flexibility index (Phi) is 4.59. The third kappa shape index (κ3) is 2.94. The molecule has 1 aromatic rings. The summed E-state index contributed by atoms with van der Waals surface area (Å²) in [5, 5.41) is 10.2. The van der Waals surface area contributed by atoms with Crippen molar-refractivity contribution in [3.63, 3.8) is 0 Å². The SMILES string of the molecule is CCOC1=CC2=C3C[C@H](O)CC[C@H]3N=C(c3cncnc3)C2C=C1OC. The molecule has 1 aliphatic heterocycles. The van der Waals surface area contributed by atoms with E-state index in [1.54, 1.807) is 19.5 Å². The summed E-state index contributed by atoms with van der Waals surface area (Å²) in [5.74, 6) is 1.40. The number of ether oxygens (including phenoxy) is 2. The van der Waals surface area contributed by atoms with E-state index >= 15 is 0 Å². The van der Waals surface area contributed by atoms with Crippen LogP contribution in [0.15, 0.2) is 58.5 Å². The van der Waals surface area contributed by atoms with Gasteiger partial charge in [-0.3, -0.25) is 4.99 Å². The van der Waals surface area contributed by atoms with Crippen LogP contribution in [0.3, 0.4) is 0 Å². The first-order valence-corrected chi connectivity index (χ1v) is 9.06. The van der Waals surface area contributed by atoms with Crippen LogP contribution in [0.25, 0.3) is 0 Å². The average molecular weight is 353 g/mol. The molecule has 1 unspecified atom stereocenters. The fourth-order valence-corrected chi connectivity index (χ4v) is 3.98. The van der Waals surface area contributed by atoms with Gasteiger partial charge in [0.1, 0.15) is 6.33 Å². The van der Waals surface area contributed by atoms with Crippen molar-refractivity contribution in [2.45, 2.75) is 38.3 Å². The number of aliphatic hydroxyl groups is 1. The van der Waals surface area contributed by atoms with Crippen molar-refractivity contribution < 1.29 is 14.6 Å². The Hall–Kier alpha value is -2.47. The largest absolute Gasteiger partial charge is 0.493 e. The van der Waals surface area contributed by atoms with E-state index in [-0.39, 0.29) is 18.1 Å². The van der Waals surface area contributed by atoms with Crippen LogP contribution in [0.2, 0.25) is 0 Å². The molecule has 0 aromatic carbocycles. The maximum Gasteiger partial charge on any atom is 0.161 e. The number of hydrogen-bond acceptors (Lipinski definition) is 6. The predicted molar refractivity (Wildman–Crippen MR) is 97.5 cm³/mol. The smallest absolute Gasteiger partial charge is 0.161 e. The second-order valence-corrected chi connectivity index (χ2v) is 6.73. The lowest BCUT2D eigenvalue weighted by Crippen LogP contribution is -2.34. The summed E-state index contributed by atoms with van der Waals surface area (Å²) in [6, 6.07) is 0.0940. The van der Waals surface area contributed by atoms with Crippen molar-refractivity contribution in [2.24, 2.45) is 10.9 Å². The van der Waals surface area contributed by atoms with Crippen molar-refractivity contribution in [1.82, 2.24) is 9.97 Å². The molecule has 0 radical (unpaired) electrons. The molecule has 2 aliphatic carbocycles. The molecular weight excluding hydrogens is 330 g/mol. The Morgan fingerprint density at radius 3 is 2.73 bits per heavy atom. The summed E-state index contributed by atoms with van der Waals surface area (Å²) >= 11 is 0. The zero-order valence-corrected chi connectivity index (χ0v) is 15.1. The lowest BCUT2D eigenvalue weighted by atomic mass is 9.74. The average Bonchev–Trinajstić information content (AvgIpc) is 2.68. The monoisotopic (exact) mass is 353 g/mol. The molecule has 1 fully saturated rings. The van der Waals surface area contributed by atoms with Crippen molar-refractivity contribution in [2.75, 3.05) is 13.7 Å². The number of dihydropyridines is 1. The van der Waals surface area contributed by atoms with Gasteiger partial charge < -0.3 is 14.6 Å². The van der Waals surface area contributed by atoms with E-state index in [1.807, 2.05) is 6.92 Å². The molecule has 3 aliphatic rings. The van der Waals surface area contributed by atoms with E-state index in [0.29, 0.717) is 18.8 Å². The second-order valence-electron chi connectivity index (χ2n) is 6.73. The Bertz CT molecular complexity index is 811. The molecule has 1 saturated carbocycles. The Morgan fingerprint density at radius 2 is 2.00 bits per heavy atom. The maximum atomic E-state index is 10.2. The van der Waals surface area contributed by atoms with Gasteiger partial charge >= 0.3 is 0 Å². The Balaban J connectivity index is 1.84. The summed E-state index contributed by atoms with van der Waals surface area (Å²) in [4.78, 5) is 13.3. The standard InChI is InChI=1S/C20H23N3O3/c1-3-26-19-7-14-15-6-13(24)4-5-17(15)23-20(12-9-21-11-22-10-12)16(14)8-18(19)25-2/h7-11,13,16-17,24H,3-6H2,1-2H3/t13-,16?,17-/m1/s1. The molecule has 6 heteroatoms. The van der Waals surface area contributed by atoms with Crippen LogP contribution in [0.1, 0.15) is 31.7 Å². The number of aliphatic hydroxyl groups excluding tert-OH is 1. The number of nitrogens with zero attached hydrogens (tertiary/aromatic N) is 3. The van der Waals surface area contributed by atoms with Crippen LogP contribution in [-0.4, -0.2) is 46.6 Å². The van der Waals surface area contributed by atoms with Gasteiger partial charge in [0.05, 0.1) is 31.6 Å². The van der Waals surface area contributed by atoms with Gasteiger partial charge in [0, 0.05) is 23.9 Å². The molecular formula is C20H23N3O3. The lowest BCUT2D eigenvalue weighted by molar-refractivity contribution is 0.143. The van der Waals surface area contributed by atoms with Gasteiger partial charge in [0.2, 0.25) is 0 Å². The number of aliphatic imine (C=N–C) groups is 1. The minimum absolute atomic E-state index is 0.0447. The summed E-state index contributed by atoms with van der Waals surface area (Å²) in [6.45, 7) is 2.53. The number of aromatic nitrogens is 2. The summed E-state index contributed by atoms with van der Waals surface area (Å²) < 4.78 is 11.3. The molecule has 3 atom stereocenters. The van der Waals surface area contributed by atoms with E-state index in [1.165, 1.54) is 11.9 Å². The fourth-order valence-electron chi connectivity index (χ4n) is 3.98. The van der Waals surface area contributed by atoms with E-state index in [2.05, 4.69) is 22.1 Å². The van der Waals surface area contributed by atoms with Gasteiger partial charge in [-0.2, -0.15) is 0 Å². The molecule has 0 saturated heterocycles. The van der Waals surface area contributed by atoms with Crippen molar-refractivity contribution >= 4 is 5.71 Å². The predicted octanol–water partition coefficient (Wildman–Crippen LogP) is 2.57. The van der Waals surface area contributed by atoms with E-state index in [9.17, 15) is 5.11 Å². The quantitative estimate of drug-likeness (QED) is 0.900. The van der Waals surface area contributed by atoms with Crippen LogP contribution >= 0.6 is 0 Å². The summed E-state index contributed by atoms with van der Waals surface area (Å²) in [6.07, 6.45) is 11.2. The van der Waals surface area contributed by atoms with Gasteiger partial charge in [0.25, 0.3) is 0 Å². The Labute approximate surface area is 153 Å². The molecule has 0 amide bonds. The normalized spacial score (nSPS) is 27.7. The third-order valence-corrected chi connectivity index (χ3v) is 5.15. The molecule has 6 nitrogen and oxygen atoms in total. The first kappa shape index (κ1) is 17.0. The van der Waals surface area contributed by atoms with E-state index in [4.69, 9.17) is 14.5 Å². The van der Waals surface area contributed by atoms with Crippen LogP contribution in [0, 0.1) is 5.92 Å². The second kappa shape index (κ2) is 7.03. The zero-order chi connectivity index (χ0) is 18.1. The zero-order valence-electron chi connectivity index (χ0n) is 15.1. The minimum atomic E-state index is -0.303. The number of allylic oxidation sites excluding steroid dienone is 3. The fraction of sp³-hybridized carbons (Fsp3) is 0.450. The van der Waals surface area contributed by atoms with Gasteiger partial charge in [-0.25, -0.2) is 9.97 Å². The number of fused-ring (bicyclic) bond motifs is 2. The van der Waals surface area contributed by atoms with Crippen molar-refractivity contribution in [1.29, 1.82) is 0 Å². The van der Waals surface area contributed by atoms with Crippen molar-refractivity contribution in [3.8, 4) is 0 Å². The number of rotatable bonds is 4. The van der Waals surface area contributed by atoms with Gasteiger partial charge in [-0.15, -0.1) is 0 Å². The van der Waals surface area contributed by atoms with E-state index < -0.39 is 0 Å². The van der Waals surface area contributed by atoms with Gasteiger partial charge in [0.15, 0.2) is 11.5 Å². The molecule has 26 heavy (non-hydrogen) atoms. The van der Waals surface area contributed by atoms with E-state index in [0.717, 1.165) is 35.4 Å². The maximum absolute atomic E-state index is 10.2. The highest BCUT2D eigenvalue weighted by Crippen LogP contribution is 2.42. The lowest BCUT2D eigenvalue weighted by Gasteiger charge is -2.37. The van der Waals surface area contributed by atoms with Crippen LogP contribution in [0.5, 0.6) is 0 Å². The highest BCUT2D eigenvalue weighted by atomic mass is 16.5. The highest BCUT2D eigenvalue weighted by molar-refractivity contribution is 6.06.